The van der Waals surface area contributed by atoms with Crippen molar-refractivity contribution in [2.45, 2.75) is 25.9 Å². The summed E-state index contributed by atoms with van der Waals surface area (Å²) >= 11 is 0. The van der Waals surface area contributed by atoms with Crippen LogP contribution in [-0.2, 0) is 14.4 Å². The van der Waals surface area contributed by atoms with Gasteiger partial charge < -0.3 is 15.4 Å². The molecule has 180 valence electrons. The maximum atomic E-state index is 12.1. The van der Waals surface area contributed by atoms with E-state index in [2.05, 4.69) is 21.2 Å². The molecule has 8 nitrogen and oxygen atoms in total. The van der Waals surface area contributed by atoms with E-state index in [4.69, 9.17) is 4.74 Å². The van der Waals surface area contributed by atoms with Crippen LogP contribution in [0.1, 0.15) is 42.6 Å². The second-order valence-corrected chi connectivity index (χ2v) is 7.86. The van der Waals surface area contributed by atoms with Gasteiger partial charge in [-0.3, -0.25) is 14.4 Å². The minimum Gasteiger partial charge on any atom is -0.484 e. The first kappa shape index (κ1) is 25.2. The molecule has 3 aromatic rings. The van der Waals surface area contributed by atoms with E-state index >= 15 is 0 Å². The molecule has 3 aromatic carbocycles. The molecule has 0 aliphatic rings. The summed E-state index contributed by atoms with van der Waals surface area (Å²) in [6.07, 6.45) is 1.41. The number of benzene rings is 3. The molecule has 0 radical (unpaired) electrons. The summed E-state index contributed by atoms with van der Waals surface area (Å²) in [6, 6.07) is 25.4. The molecule has 8 heteroatoms. The van der Waals surface area contributed by atoms with Gasteiger partial charge in [0.2, 0.25) is 0 Å². The number of hydrazone groups is 1. The molecule has 0 aliphatic heterocycles. The van der Waals surface area contributed by atoms with E-state index in [1.54, 1.807) is 31.2 Å². The highest BCUT2D eigenvalue weighted by atomic mass is 16.5. The smallest absolute Gasteiger partial charge is 0.329 e. The third-order valence-electron chi connectivity index (χ3n) is 5.16. The average Bonchev–Trinajstić information content (AvgIpc) is 2.89. The van der Waals surface area contributed by atoms with Crippen molar-refractivity contribution >= 4 is 23.9 Å². The molecular formula is C27H28N4O4. The third kappa shape index (κ3) is 8.12. The summed E-state index contributed by atoms with van der Waals surface area (Å²) in [5.41, 5.74) is 4.79. The van der Waals surface area contributed by atoms with Crippen molar-refractivity contribution in [3.05, 3.63) is 102 Å². The van der Waals surface area contributed by atoms with Crippen LogP contribution in [0.5, 0.6) is 5.75 Å². The van der Waals surface area contributed by atoms with Crippen molar-refractivity contribution in [2.75, 3.05) is 6.61 Å². The zero-order valence-corrected chi connectivity index (χ0v) is 19.6. The highest BCUT2D eigenvalue weighted by Gasteiger charge is 2.16. The van der Waals surface area contributed by atoms with Crippen LogP contribution in [0.15, 0.2) is 90.0 Å². The lowest BCUT2D eigenvalue weighted by atomic mass is 10.1. The van der Waals surface area contributed by atoms with E-state index in [9.17, 15) is 14.4 Å². The molecule has 3 N–H and O–H groups in total. The Hall–Kier alpha value is -4.46. The van der Waals surface area contributed by atoms with E-state index in [0.717, 1.165) is 11.1 Å². The summed E-state index contributed by atoms with van der Waals surface area (Å²) in [5, 5.41) is 9.33. The lowest BCUT2D eigenvalue weighted by Gasteiger charge is -2.14. The number of amides is 3. The minimum absolute atomic E-state index is 0.114. The Balaban J connectivity index is 1.40. The van der Waals surface area contributed by atoms with Gasteiger partial charge in [0.05, 0.1) is 18.3 Å². The Labute approximate surface area is 204 Å². The van der Waals surface area contributed by atoms with Gasteiger partial charge in [-0.05, 0) is 54.8 Å². The molecule has 0 fully saturated rings. The Bertz CT molecular complexity index is 1150. The van der Waals surface area contributed by atoms with Gasteiger partial charge in [-0.25, -0.2) is 5.43 Å². The van der Waals surface area contributed by atoms with E-state index in [1.807, 2.05) is 67.6 Å². The van der Waals surface area contributed by atoms with Gasteiger partial charge in [-0.2, -0.15) is 5.10 Å². The van der Waals surface area contributed by atoms with Crippen LogP contribution in [0.3, 0.4) is 0 Å². The van der Waals surface area contributed by atoms with Crippen molar-refractivity contribution in [1.29, 1.82) is 0 Å². The zero-order valence-electron chi connectivity index (χ0n) is 19.6. The molecular weight excluding hydrogens is 444 g/mol. The van der Waals surface area contributed by atoms with Crippen molar-refractivity contribution in [3.8, 4) is 5.75 Å². The predicted molar refractivity (Wildman–Crippen MR) is 134 cm³/mol. The number of hydrogen-bond donors (Lipinski definition) is 3. The number of nitrogens with one attached hydrogen (secondary N) is 3. The van der Waals surface area contributed by atoms with E-state index in [1.165, 1.54) is 6.21 Å². The summed E-state index contributed by atoms with van der Waals surface area (Å²) < 4.78 is 5.53. The number of carbonyl (C=O) groups excluding carboxylic acids is 3. The Morgan fingerprint density at radius 3 is 1.89 bits per heavy atom. The number of carbonyl (C=O) groups is 3. The normalized spacial score (nSPS) is 12.4. The molecule has 35 heavy (non-hydrogen) atoms. The fourth-order valence-electron chi connectivity index (χ4n) is 3.21. The molecule has 0 spiro atoms. The largest absolute Gasteiger partial charge is 0.484 e. The lowest BCUT2D eigenvalue weighted by Crippen LogP contribution is -2.39. The standard InChI is InChI=1S/C27H28N4O4/c1-19(22-9-5-3-6-10-22)29-25(32)18-35-24-15-13-21(14-16-24)17-28-31-27(34)26(33)30-20(2)23-11-7-4-8-12-23/h3-17,19-20H,18H2,1-2H3,(H,29,32)(H,30,33)(H,31,34)/b28-17-/t19-,20+/m0/s1. The highest BCUT2D eigenvalue weighted by molar-refractivity contribution is 6.35. The first-order valence-corrected chi connectivity index (χ1v) is 11.2. The molecule has 0 saturated heterocycles. The predicted octanol–water partition coefficient (Wildman–Crippen LogP) is 3.27. The van der Waals surface area contributed by atoms with Crippen LogP contribution in [-0.4, -0.2) is 30.5 Å². The van der Waals surface area contributed by atoms with Gasteiger partial charge in [0.25, 0.3) is 5.91 Å². The Kier molecular flexibility index (Phi) is 9.13. The van der Waals surface area contributed by atoms with Crippen LogP contribution in [0, 0.1) is 0 Å². The molecule has 0 heterocycles. The molecule has 0 bridgehead atoms. The first-order chi connectivity index (χ1) is 16.9. The molecule has 0 unspecified atom stereocenters. The van der Waals surface area contributed by atoms with Gasteiger partial charge in [0, 0.05) is 0 Å². The number of hydrogen-bond acceptors (Lipinski definition) is 5. The fraction of sp³-hybridized carbons (Fsp3) is 0.185. The monoisotopic (exact) mass is 472 g/mol. The topological polar surface area (TPSA) is 109 Å². The van der Waals surface area contributed by atoms with Gasteiger partial charge >= 0.3 is 11.8 Å². The molecule has 0 aliphatic carbocycles. The van der Waals surface area contributed by atoms with Gasteiger partial charge in [-0.1, -0.05) is 60.7 Å². The van der Waals surface area contributed by atoms with Gasteiger partial charge in [0.15, 0.2) is 6.61 Å². The van der Waals surface area contributed by atoms with E-state index < -0.39 is 11.8 Å². The highest BCUT2D eigenvalue weighted by Crippen LogP contribution is 2.13. The maximum absolute atomic E-state index is 12.1. The minimum atomic E-state index is -0.861. The molecule has 0 saturated carbocycles. The third-order valence-corrected chi connectivity index (χ3v) is 5.16. The summed E-state index contributed by atoms with van der Waals surface area (Å²) in [4.78, 5) is 36.2. The maximum Gasteiger partial charge on any atom is 0.329 e. The van der Waals surface area contributed by atoms with Gasteiger partial charge in [-0.15, -0.1) is 0 Å². The molecule has 3 amide bonds. The number of ether oxygens (including phenoxy) is 1. The van der Waals surface area contributed by atoms with Crippen LogP contribution in [0.2, 0.25) is 0 Å². The summed E-state index contributed by atoms with van der Waals surface area (Å²) in [6.45, 7) is 3.59. The van der Waals surface area contributed by atoms with Crippen LogP contribution >= 0.6 is 0 Å². The summed E-state index contributed by atoms with van der Waals surface area (Å²) in [7, 11) is 0. The van der Waals surface area contributed by atoms with E-state index in [-0.39, 0.29) is 24.6 Å². The second kappa shape index (κ2) is 12.7. The second-order valence-electron chi connectivity index (χ2n) is 7.86. The fourth-order valence-corrected chi connectivity index (χ4v) is 3.21. The van der Waals surface area contributed by atoms with Crippen LogP contribution in [0.25, 0.3) is 0 Å². The zero-order chi connectivity index (χ0) is 25.0. The molecule has 3 rings (SSSR count). The van der Waals surface area contributed by atoms with Gasteiger partial charge in [0.1, 0.15) is 5.75 Å². The number of rotatable bonds is 9. The van der Waals surface area contributed by atoms with Crippen molar-refractivity contribution in [3.63, 3.8) is 0 Å². The van der Waals surface area contributed by atoms with Crippen molar-refractivity contribution in [2.24, 2.45) is 5.10 Å². The van der Waals surface area contributed by atoms with Crippen molar-refractivity contribution < 1.29 is 19.1 Å². The van der Waals surface area contributed by atoms with Crippen molar-refractivity contribution in [1.82, 2.24) is 16.1 Å². The Morgan fingerprint density at radius 1 is 0.771 bits per heavy atom. The SMILES string of the molecule is C[C@H](NC(=O)COc1ccc(/C=N\NC(=O)C(=O)N[C@H](C)c2ccccc2)cc1)c1ccccc1. The lowest BCUT2D eigenvalue weighted by molar-refractivity contribution is -0.139. The molecule has 0 aromatic heterocycles. The Morgan fingerprint density at radius 2 is 1.31 bits per heavy atom. The number of nitrogens with zero attached hydrogens (tertiary/aromatic N) is 1. The molecule has 2 atom stereocenters. The van der Waals surface area contributed by atoms with E-state index in [0.29, 0.717) is 11.3 Å². The quantitative estimate of drug-likeness (QED) is 0.252. The van der Waals surface area contributed by atoms with Crippen LogP contribution < -0.4 is 20.8 Å². The first-order valence-electron chi connectivity index (χ1n) is 11.2. The average molecular weight is 473 g/mol. The summed E-state index contributed by atoms with van der Waals surface area (Å²) in [5.74, 6) is -1.35. The van der Waals surface area contributed by atoms with Crippen LogP contribution in [0.4, 0.5) is 0 Å².